The highest BCUT2D eigenvalue weighted by Gasteiger charge is 2.02. The highest BCUT2D eigenvalue weighted by Crippen LogP contribution is 2.10. The van der Waals surface area contributed by atoms with Gasteiger partial charge < -0.3 is 15.5 Å². The van der Waals surface area contributed by atoms with Crippen molar-refractivity contribution < 1.29 is 15.0 Å². The van der Waals surface area contributed by atoms with Crippen LogP contribution in [0.15, 0.2) is 42.6 Å². The maximum Gasteiger partial charge on any atom is 0.337 e. The van der Waals surface area contributed by atoms with E-state index in [0.717, 1.165) is 12.0 Å². The number of pyridine rings is 1. The first-order valence-corrected chi connectivity index (χ1v) is 5.86. The Labute approximate surface area is 110 Å². The average molecular weight is 258 g/mol. The molecule has 0 fully saturated rings. The molecule has 0 saturated carbocycles. The summed E-state index contributed by atoms with van der Waals surface area (Å²) < 4.78 is 0. The van der Waals surface area contributed by atoms with E-state index < -0.39 is 5.97 Å². The SMILES string of the molecule is O=C(O)c1ccc(NCCc2ccc(O)cc2)nc1. The van der Waals surface area contributed by atoms with Crippen molar-refractivity contribution in [3.05, 3.63) is 53.7 Å². The highest BCUT2D eigenvalue weighted by atomic mass is 16.4. The van der Waals surface area contributed by atoms with Crippen molar-refractivity contribution >= 4 is 11.8 Å². The maximum absolute atomic E-state index is 10.7. The lowest BCUT2D eigenvalue weighted by Crippen LogP contribution is -2.07. The predicted molar refractivity (Wildman–Crippen MR) is 71.5 cm³/mol. The molecule has 0 saturated heterocycles. The largest absolute Gasteiger partial charge is 0.508 e. The summed E-state index contributed by atoms with van der Waals surface area (Å²) >= 11 is 0. The van der Waals surface area contributed by atoms with Gasteiger partial charge >= 0.3 is 5.97 Å². The van der Waals surface area contributed by atoms with Crippen LogP contribution in [0.2, 0.25) is 0 Å². The van der Waals surface area contributed by atoms with Crippen molar-refractivity contribution in [3.8, 4) is 5.75 Å². The summed E-state index contributed by atoms with van der Waals surface area (Å²) in [6, 6.07) is 10.2. The summed E-state index contributed by atoms with van der Waals surface area (Å²) in [7, 11) is 0. The van der Waals surface area contributed by atoms with E-state index in [9.17, 15) is 4.79 Å². The number of phenolic OH excluding ortho intramolecular Hbond substituents is 1. The topological polar surface area (TPSA) is 82.5 Å². The Bertz CT molecular complexity index is 550. The Balaban J connectivity index is 1.85. The molecule has 0 radical (unpaired) electrons. The van der Waals surface area contributed by atoms with Gasteiger partial charge in [0.25, 0.3) is 0 Å². The lowest BCUT2D eigenvalue weighted by atomic mass is 10.1. The van der Waals surface area contributed by atoms with Crippen molar-refractivity contribution in [2.45, 2.75) is 6.42 Å². The van der Waals surface area contributed by atoms with Crippen LogP contribution in [0, 0.1) is 0 Å². The van der Waals surface area contributed by atoms with Gasteiger partial charge in [-0.3, -0.25) is 0 Å². The first kappa shape index (κ1) is 12.9. The summed E-state index contributed by atoms with van der Waals surface area (Å²) in [4.78, 5) is 14.7. The molecule has 2 aromatic rings. The monoisotopic (exact) mass is 258 g/mol. The molecule has 0 aliphatic carbocycles. The van der Waals surface area contributed by atoms with Gasteiger partial charge in [-0.1, -0.05) is 12.1 Å². The van der Waals surface area contributed by atoms with Gasteiger partial charge in [0.05, 0.1) is 5.56 Å². The van der Waals surface area contributed by atoms with Gasteiger partial charge in [-0.2, -0.15) is 0 Å². The quantitative estimate of drug-likeness (QED) is 0.765. The van der Waals surface area contributed by atoms with Crippen LogP contribution >= 0.6 is 0 Å². The molecule has 1 heterocycles. The lowest BCUT2D eigenvalue weighted by molar-refractivity contribution is 0.0696. The molecule has 3 N–H and O–H groups in total. The van der Waals surface area contributed by atoms with Crippen molar-refractivity contribution in [2.24, 2.45) is 0 Å². The summed E-state index contributed by atoms with van der Waals surface area (Å²) in [5.74, 6) is -0.0884. The van der Waals surface area contributed by atoms with Crippen molar-refractivity contribution in [3.63, 3.8) is 0 Å². The molecular formula is C14H14N2O3. The summed E-state index contributed by atoms with van der Waals surface area (Å²) in [6.07, 6.45) is 2.12. The third-order valence-corrected chi connectivity index (χ3v) is 2.67. The van der Waals surface area contributed by atoms with Crippen LogP contribution < -0.4 is 5.32 Å². The van der Waals surface area contributed by atoms with Crippen LogP contribution in [0.5, 0.6) is 5.75 Å². The minimum Gasteiger partial charge on any atom is -0.508 e. The minimum absolute atomic E-state index is 0.170. The second kappa shape index (κ2) is 5.86. The number of rotatable bonds is 5. The Morgan fingerprint density at radius 1 is 1.16 bits per heavy atom. The fraction of sp³-hybridized carbons (Fsp3) is 0.143. The van der Waals surface area contributed by atoms with E-state index in [4.69, 9.17) is 10.2 Å². The zero-order chi connectivity index (χ0) is 13.7. The molecule has 19 heavy (non-hydrogen) atoms. The summed E-state index contributed by atoms with van der Waals surface area (Å²) in [5.41, 5.74) is 1.27. The van der Waals surface area contributed by atoms with Crippen LogP contribution in [0.25, 0.3) is 0 Å². The van der Waals surface area contributed by atoms with E-state index in [1.165, 1.54) is 12.3 Å². The number of aromatic nitrogens is 1. The standard InChI is InChI=1S/C14H14N2O3/c17-12-4-1-10(2-5-12)7-8-15-13-6-3-11(9-16-13)14(18)19/h1-6,9,17H,7-8H2,(H,15,16)(H,18,19). The summed E-state index contributed by atoms with van der Waals surface area (Å²) in [6.45, 7) is 0.685. The number of carbonyl (C=O) groups is 1. The lowest BCUT2D eigenvalue weighted by Gasteiger charge is -2.06. The number of anilines is 1. The highest BCUT2D eigenvalue weighted by molar-refractivity contribution is 5.87. The van der Waals surface area contributed by atoms with Gasteiger partial charge in [-0.05, 0) is 36.2 Å². The van der Waals surface area contributed by atoms with Crippen molar-refractivity contribution in [1.82, 2.24) is 4.98 Å². The Morgan fingerprint density at radius 2 is 1.89 bits per heavy atom. The molecule has 0 atom stereocenters. The maximum atomic E-state index is 10.7. The van der Waals surface area contributed by atoms with Crippen LogP contribution in [0.1, 0.15) is 15.9 Å². The summed E-state index contributed by atoms with van der Waals surface area (Å²) in [5, 5.41) is 21.0. The molecule has 1 aromatic heterocycles. The number of carboxylic acids is 1. The normalized spacial score (nSPS) is 10.1. The molecule has 1 aromatic carbocycles. The Kier molecular flexibility index (Phi) is 3.97. The number of aromatic carboxylic acids is 1. The zero-order valence-corrected chi connectivity index (χ0v) is 10.2. The number of nitrogens with zero attached hydrogens (tertiary/aromatic N) is 1. The number of hydrogen-bond acceptors (Lipinski definition) is 4. The molecule has 0 aliphatic rings. The third-order valence-electron chi connectivity index (χ3n) is 2.67. The number of aromatic hydroxyl groups is 1. The van der Waals surface area contributed by atoms with E-state index >= 15 is 0 Å². The van der Waals surface area contributed by atoms with Crippen LogP contribution in [0.4, 0.5) is 5.82 Å². The number of nitrogens with one attached hydrogen (secondary N) is 1. The van der Waals surface area contributed by atoms with Gasteiger partial charge in [0.1, 0.15) is 11.6 Å². The van der Waals surface area contributed by atoms with Gasteiger partial charge in [-0.25, -0.2) is 9.78 Å². The molecule has 5 heteroatoms. The number of phenols is 1. The van der Waals surface area contributed by atoms with E-state index in [-0.39, 0.29) is 11.3 Å². The first-order valence-electron chi connectivity index (χ1n) is 5.86. The molecule has 98 valence electrons. The zero-order valence-electron chi connectivity index (χ0n) is 10.2. The third kappa shape index (κ3) is 3.70. The number of carboxylic acid groups (broad SMARTS) is 1. The van der Waals surface area contributed by atoms with Gasteiger partial charge in [0, 0.05) is 12.7 Å². The molecular weight excluding hydrogens is 244 g/mol. The smallest absolute Gasteiger partial charge is 0.337 e. The minimum atomic E-state index is -0.983. The van der Waals surface area contributed by atoms with E-state index in [2.05, 4.69) is 10.3 Å². The van der Waals surface area contributed by atoms with Crippen molar-refractivity contribution in [1.29, 1.82) is 0 Å². The molecule has 0 unspecified atom stereocenters. The van der Waals surface area contributed by atoms with E-state index in [1.807, 2.05) is 12.1 Å². The first-order chi connectivity index (χ1) is 9.15. The Hall–Kier alpha value is -2.56. The second-order valence-electron chi connectivity index (χ2n) is 4.08. The van der Waals surface area contributed by atoms with Gasteiger partial charge in [-0.15, -0.1) is 0 Å². The van der Waals surface area contributed by atoms with Gasteiger partial charge in [0.2, 0.25) is 0 Å². The Morgan fingerprint density at radius 3 is 2.47 bits per heavy atom. The average Bonchev–Trinajstić information content (AvgIpc) is 2.41. The van der Waals surface area contributed by atoms with Crippen LogP contribution in [-0.4, -0.2) is 27.7 Å². The van der Waals surface area contributed by atoms with Crippen molar-refractivity contribution in [2.75, 3.05) is 11.9 Å². The number of hydrogen-bond donors (Lipinski definition) is 3. The number of benzene rings is 1. The molecule has 0 aliphatic heterocycles. The molecule has 5 nitrogen and oxygen atoms in total. The molecule has 2 rings (SSSR count). The van der Waals surface area contributed by atoms with Gasteiger partial charge in [0.15, 0.2) is 0 Å². The molecule has 0 spiro atoms. The predicted octanol–water partition coefficient (Wildman–Crippen LogP) is 2.14. The van der Waals surface area contributed by atoms with Crippen LogP contribution in [-0.2, 0) is 6.42 Å². The van der Waals surface area contributed by atoms with Crippen LogP contribution in [0.3, 0.4) is 0 Å². The van der Waals surface area contributed by atoms with E-state index in [0.29, 0.717) is 12.4 Å². The molecule has 0 bridgehead atoms. The van der Waals surface area contributed by atoms with E-state index in [1.54, 1.807) is 18.2 Å². The second-order valence-corrected chi connectivity index (χ2v) is 4.08. The fourth-order valence-electron chi connectivity index (χ4n) is 1.62. The molecule has 0 amide bonds. The fourth-order valence-corrected chi connectivity index (χ4v) is 1.62.